The molecule has 3 rings (SSSR count). The Bertz CT molecular complexity index is 872. The highest BCUT2D eigenvalue weighted by molar-refractivity contribution is 5.78. The molecule has 1 saturated heterocycles. The first-order valence-electron chi connectivity index (χ1n) is 10.7. The SMILES string of the molecule is Cc1nc([C@H]2CCCN(C(=O)CCc3ccccc3)C2)nc(C)c1CC(=O)N(C)C. The molecule has 0 saturated carbocycles. The van der Waals surface area contributed by atoms with E-state index in [9.17, 15) is 9.59 Å². The number of benzene rings is 1. The van der Waals surface area contributed by atoms with Gasteiger partial charge in [-0.1, -0.05) is 30.3 Å². The molecule has 1 atom stereocenters. The molecule has 0 radical (unpaired) electrons. The van der Waals surface area contributed by atoms with Gasteiger partial charge in [-0.05, 0) is 38.7 Å². The van der Waals surface area contributed by atoms with Crippen molar-refractivity contribution in [3.63, 3.8) is 0 Å². The Morgan fingerprint density at radius 1 is 1.10 bits per heavy atom. The molecule has 0 aliphatic carbocycles. The molecule has 1 fully saturated rings. The van der Waals surface area contributed by atoms with E-state index in [0.29, 0.717) is 19.4 Å². The largest absolute Gasteiger partial charge is 0.349 e. The smallest absolute Gasteiger partial charge is 0.226 e. The van der Waals surface area contributed by atoms with Gasteiger partial charge in [0.2, 0.25) is 11.8 Å². The molecule has 0 bridgehead atoms. The molecule has 2 amide bonds. The number of nitrogens with zero attached hydrogens (tertiary/aromatic N) is 4. The Balaban J connectivity index is 1.66. The van der Waals surface area contributed by atoms with Gasteiger partial charge in [-0.15, -0.1) is 0 Å². The highest BCUT2D eigenvalue weighted by Crippen LogP contribution is 2.26. The standard InChI is InChI=1S/C24H32N4O2/c1-17-21(15-23(30)27(3)4)18(2)26-24(25-17)20-11-8-14-28(16-20)22(29)13-12-19-9-6-5-7-10-19/h5-7,9-10,20H,8,11-16H2,1-4H3/t20-/m0/s1. The van der Waals surface area contributed by atoms with Gasteiger partial charge in [-0.3, -0.25) is 9.59 Å². The number of likely N-dealkylation sites (tertiary alicyclic amines) is 1. The van der Waals surface area contributed by atoms with Crippen LogP contribution in [0.3, 0.4) is 0 Å². The topological polar surface area (TPSA) is 66.4 Å². The van der Waals surface area contributed by atoms with Crippen molar-refractivity contribution in [2.24, 2.45) is 0 Å². The molecule has 1 aliphatic heterocycles. The van der Waals surface area contributed by atoms with Gasteiger partial charge in [-0.25, -0.2) is 9.97 Å². The zero-order chi connectivity index (χ0) is 21.7. The average molecular weight is 409 g/mol. The molecule has 0 N–H and O–H groups in total. The first-order chi connectivity index (χ1) is 14.3. The molecule has 0 spiro atoms. The lowest BCUT2D eigenvalue weighted by atomic mass is 9.95. The van der Waals surface area contributed by atoms with E-state index in [0.717, 1.165) is 48.6 Å². The zero-order valence-corrected chi connectivity index (χ0v) is 18.5. The number of likely N-dealkylation sites (N-methyl/N-ethyl adjacent to an activating group) is 1. The normalized spacial score (nSPS) is 16.4. The van der Waals surface area contributed by atoms with Crippen LogP contribution in [0, 0.1) is 13.8 Å². The van der Waals surface area contributed by atoms with Gasteiger partial charge in [0.1, 0.15) is 5.82 Å². The summed E-state index contributed by atoms with van der Waals surface area (Å²) in [5.41, 5.74) is 3.82. The fraction of sp³-hybridized carbons (Fsp3) is 0.500. The van der Waals surface area contributed by atoms with Crippen LogP contribution in [0.4, 0.5) is 0 Å². The van der Waals surface area contributed by atoms with Crippen molar-refractivity contribution >= 4 is 11.8 Å². The van der Waals surface area contributed by atoms with Gasteiger partial charge in [0.25, 0.3) is 0 Å². The van der Waals surface area contributed by atoms with E-state index in [-0.39, 0.29) is 17.7 Å². The Morgan fingerprint density at radius 2 is 1.77 bits per heavy atom. The second-order valence-electron chi connectivity index (χ2n) is 8.36. The molecule has 1 aliphatic rings. The van der Waals surface area contributed by atoms with Crippen molar-refractivity contribution in [3.8, 4) is 0 Å². The molecule has 6 nitrogen and oxygen atoms in total. The zero-order valence-electron chi connectivity index (χ0n) is 18.5. The van der Waals surface area contributed by atoms with Crippen LogP contribution in [0.5, 0.6) is 0 Å². The maximum absolute atomic E-state index is 12.8. The van der Waals surface area contributed by atoms with Crippen molar-refractivity contribution in [3.05, 3.63) is 58.7 Å². The van der Waals surface area contributed by atoms with Crippen LogP contribution in [0.25, 0.3) is 0 Å². The summed E-state index contributed by atoms with van der Waals surface area (Å²) < 4.78 is 0. The molecular weight excluding hydrogens is 376 g/mol. The third kappa shape index (κ3) is 5.43. The van der Waals surface area contributed by atoms with Crippen LogP contribution in [-0.2, 0) is 22.4 Å². The third-order valence-electron chi connectivity index (χ3n) is 5.87. The quantitative estimate of drug-likeness (QED) is 0.737. The lowest BCUT2D eigenvalue weighted by Gasteiger charge is -2.32. The minimum atomic E-state index is 0.0467. The molecule has 1 aromatic heterocycles. The predicted octanol–water partition coefficient (Wildman–Crippen LogP) is 3.06. The van der Waals surface area contributed by atoms with Crippen LogP contribution in [0.2, 0.25) is 0 Å². The molecule has 2 aromatic rings. The van der Waals surface area contributed by atoms with E-state index >= 15 is 0 Å². The second-order valence-corrected chi connectivity index (χ2v) is 8.36. The molecule has 6 heteroatoms. The van der Waals surface area contributed by atoms with Crippen molar-refractivity contribution < 1.29 is 9.59 Å². The maximum atomic E-state index is 12.8. The number of hydrogen-bond donors (Lipinski definition) is 0. The molecular formula is C24H32N4O2. The predicted molar refractivity (Wildman–Crippen MR) is 117 cm³/mol. The lowest BCUT2D eigenvalue weighted by Crippen LogP contribution is -2.39. The third-order valence-corrected chi connectivity index (χ3v) is 5.87. The number of piperidine rings is 1. The first kappa shape index (κ1) is 21.9. The molecule has 2 heterocycles. The minimum Gasteiger partial charge on any atom is -0.349 e. The summed E-state index contributed by atoms with van der Waals surface area (Å²) in [5.74, 6) is 1.19. The fourth-order valence-electron chi connectivity index (χ4n) is 3.98. The fourth-order valence-corrected chi connectivity index (χ4v) is 3.98. The van der Waals surface area contributed by atoms with Gasteiger partial charge < -0.3 is 9.80 Å². The van der Waals surface area contributed by atoms with Gasteiger partial charge in [-0.2, -0.15) is 0 Å². The number of carbonyl (C=O) groups is 2. The second kappa shape index (κ2) is 9.83. The van der Waals surface area contributed by atoms with E-state index < -0.39 is 0 Å². The molecule has 0 unspecified atom stereocenters. The summed E-state index contributed by atoms with van der Waals surface area (Å²) in [5, 5.41) is 0. The number of hydrogen-bond acceptors (Lipinski definition) is 4. The number of aromatic nitrogens is 2. The van der Waals surface area contributed by atoms with Crippen molar-refractivity contribution in [2.75, 3.05) is 27.2 Å². The summed E-state index contributed by atoms with van der Waals surface area (Å²) in [7, 11) is 3.52. The Morgan fingerprint density at radius 3 is 2.40 bits per heavy atom. The van der Waals surface area contributed by atoms with Gasteiger partial charge in [0, 0.05) is 56.5 Å². The average Bonchev–Trinajstić information content (AvgIpc) is 2.75. The van der Waals surface area contributed by atoms with E-state index in [2.05, 4.69) is 12.1 Å². The summed E-state index contributed by atoms with van der Waals surface area (Å²) in [6.07, 6.45) is 3.56. The summed E-state index contributed by atoms with van der Waals surface area (Å²) in [6, 6.07) is 10.1. The van der Waals surface area contributed by atoms with Crippen molar-refractivity contribution in [2.45, 2.75) is 51.9 Å². The van der Waals surface area contributed by atoms with Crippen LogP contribution in [-0.4, -0.2) is 58.8 Å². The van der Waals surface area contributed by atoms with Gasteiger partial charge in [0.15, 0.2) is 0 Å². The number of aryl methyl sites for hydroxylation is 3. The van der Waals surface area contributed by atoms with Crippen LogP contribution in [0.1, 0.15) is 53.5 Å². The molecule has 1 aromatic carbocycles. The molecule has 160 valence electrons. The Hall–Kier alpha value is -2.76. The first-order valence-corrected chi connectivity index (χ1v) is 10.7. The highest BCUT2D eigenvalue weighted by Gasteiger charge is 2.27. The summed E-state index contributed by atoms with van der Waals surface area (Å²) in [6.45, 7) is 5.37. The monoisotopic (exact) mass is 408 g/mol. The molecule has 30 heavy (non-hydrogen) atoms. The van der Waals surface area contributed by atoms with Crippen LogP contribution in [0.15, 0.2) is 30.3 Å². The minimum absolute atomic E-state index is 0.0467. The van der Waals surface area contributed by atoms with Crippen LogP contribution < -0.4 is 0 Å². The maximum Gasteiger partial charge on any atom is 0.226 e. The van der Waals surface area contributed by atoms with Gasteiger partial charge in [0.05, 0.1) is 6.42 Å². The lowest BCUT2D eigenvalue weighted by molar-refractivity contribution is -0.132. The van der Waals surface area contributed by atoms with E-state index in [1.165, 1.54) is 5.56 Å². The number of carbonyl (C=O) groups excluding carboxylic acids is 2. The van der Waals surface area contributed by atoms with Crippen molar-refractivity contribution in [1.82, 2.24) is 19.8 Å². The summed E-state index contributed by atoms with van der Waals surface area (Å²) in [4.78, 5) is 37.9. The Kier molecular flexibility index (Phi) is 7.19. The van der Waals surface area contributed by atoms with Crippen LogP contribution >= 0.6 is 0 Å². The van der Waals surface area contributed by atoms with E-state index in [1.54, 1.807) is 19.0 Å². The van der Waals surface area contributed by atoms with E-state index in [1.807, 2.05) is 36.9 Å². The van der Waals surface area contributed by atoms with Crippen molar-refractivity contribution in [1.29, 1.82) is 0 Å². The number of rotatable bonds is 6. The summed E-state index contributed by atoms with van der Waals surface area (Å²) >= 11 is 0. The highest BCUT2D eigenvalue weighted by atomic mass is 16.2. The Labute approximate surface area is 179 Å². The van der Waals surface area contributed by atoms with Gasteiger partial charge >= 0.3 is 0 Å². The number of amides is 2. The van der Waals surface area contributed by atoms with E-state index in [4.69, 9.17) is 9.97 Å².